The first kappa shape index (κ1) is 19.5. The summed E-state index contributed by atoms with van der Waals surface area (Å²) >= 11 is 0.840. The van der Waals surface area contributed by atoms with Crippen LogP contribution in [0.15, 0.2) is 39.4 Å². The van der Waals surface area contributed by atoms with Gasteiger partial charge in [-0.1, -0.05) is 6.07 Å². The third-order valence-corrected chi connectivity index (χ3v) is 3.90. The van der Waals surface area contributed by atoms with Gasteiger partial charge in [0.25, 0.3) is 5.91 Å². The second-order valence-electron chi connectivity index (χ2n) is 4.66. The second kappa shape index (κ2) is 8.04. The number of alkyl halides is 3. The van der Waals surface area contributed by atoms with E-state index in [1.54, 1.807) is 0 Å². The Morgan fingerprint density at radius 2 is 2.04 bits per heavy atom. The summed E-state index contributed by atoms with van der Waals surface area (Å²) in [6.45, 7) is 0. The summed E-state index contributed by atoms with van der Waals surface area (Å²) in [5.41, 5.74) is -0.880. The Hall–Kier alpha value is -2.82. The molecule has 0 radical (unpaired) electrons. The number of nitrogens with one attached hydrogen (secondary N) is 1. The number of rotatable bonds is 4. The van der Waals surface area contributed by atoms with Crippen molar-refractivity contribution in [1.29, 1.82) is 0 Å². The Morgan fingerprint density at radius 3 is 2.65 bits per heavy atom. The summed E-state index contributed by atoms with van der Waals surface area (Å²) in [7, 11) is 2.28. The molecule has 1 aliphatic rings. The van der Waals surface area contributed by atoms with Gasteiger partial charge in [-0.3, -0.25) is 10.1 Å². The molecular weight excluding hydrogens is 375 g/mol. The number of carbonyl (C=O) groups excluding carboxylic acids is 2. The van der Waals surface area contributed by atoms with Crippen LogP contribution >= 0.6 is 11.8 Å². The van der Waals surface area contributed by atoms with Crippen LogP contribution in [0.2, 0.25) is 0 Å². The smallest absolute Gasteiger partial charge is 0.419 e. The minimum atomic E-state index is -4.58. The highest BCUT2D eigenvalue weighted by Crippen LogP contribution is 2.37. The summed E-state index contributed by atoms with van der Waals surface area (Å²) in [4.78, 5) is 22.8. The lowest BCUT2D eigenvalue weighted by molar-refractivity contribution is -0.139. The number of benzene rings is 1. The van der Waals surface area contributed by atoms with E-state index >= 15 is 0 Å². The standard InChI is InChI=1S/C15H12F3N3O4S/c1-24-11(22)6-10-13(23)20-14(26-10)21-19-7-8-4-3-5-9(12(8)25-2)15(16,17)18/h3-7H,1-2H3,(H,20,21,23)/b10-6+,19-7?. The zero-order valence-corrected chi connectivity index (χ0v) is 14.3. The molecule has 11 heteroatoms. The average Bonchev–Trinajstić information content (AvgIpc) is 2.93. The number of carbonyl (C=O) groups is 2. The van der Waals surface area contributed by atoms with Gasteiger partial charge in [0.2, 0.25) is 0 Å². The van der Waals surface area contributed by atoms with Gasteiger partial charge in [0, 0.05) is 11.6 Å². The summed E-state index contributed by atoms with van der Waals surface area (Å²) in [5.74, 6) is -1.66. The van der Waals surface area contributed by atoms with Gasteiger partial charge in [0.15, 0.2) is 5.17 Å². The highest BCUT2D eigenvalue weighted by Gasteiger charge is 2.35. The number of halogens is 3. The Kier molecular flexibility index (Phi) is 6.03. The lowest BCUT2D eigenvalue weighted by Crippen LogP contribution is -2.19. The molecule has 1 heterocycles. The molecule has 0 bridgehead atoms. The maximum absolute atomic E-state index is 13.0. The second-order valence-corrected chi connectivity index (χ2v) is 5.69. The number of amidine groups is 1. The first-order chi connectivity index (χ1) is 12.3. The predicted molar refractivity (Wildman–Crippen MR) is 88.9 cm³/mol. The van der Waals surface area contributed by atoms with Crippen molar-refractivity contribution in [2.45, 2.75) is 6.18 Å². The Morgan fingerprint density at radius 1 is 1.31 bits per heavy atom. The number of hydrogen-bond acceptors (Lipinski definition) is 7. The zero-order valence-electron chi connectivity index (χ0n) is 13.5. The molecule has 1 aliphatic heterocycles. The quantitative estimate of drug-likeness (QED) is 0.371. The maximum Gasteiger partial charge on any atom is 0.419 e. The van der Waals surface area contributed by atoms with Crippen molar-refractivity contribution in [2.24, 2.45) is 10.2 Å². The van der Waals surface area contributed by atoms with Crippen LogP contribution in [0.25, 0.3) is 0 Å². The number of hydrogen-bond donors (Lipinski definition) is 1. The summed E-state index contributed by atoms with van der Waals surface area (Å²) in [6.07, 6.45) is -2.53. The first-order valence-electron chi connectivity index (χ1n) is 6.90. The van der Waals surface area contributed by atoms with Crippen LogP contribution in [0.3, 0.4) is 0 Å². The number of ether oxygens (including phenoxy) is 2. The van der Waals surface area contributed by atoms with E-state index in [1.165, 1.54) is 19.2 Å². The highest BCUT2D eigenvalue weighted by atomic mass is 32.2. The maximum atomic E-state index is 13.0. The highest BCUT2D eigenvalue weighted by molar-refractivity contribution is 8.18. The fourth-order valence-corrected chi connectivity index (χ4v) is 2.63. The summed E-state index contributed by atoms with van der Waals surface area (Å²) < 4.78 is 48.1. The third-order valence-electron chi connectivity index (χ3n) is 3.00. The molecule has 2 rings (SSSR count). The molecule has 7 nitrogen and oxygen atoms in total. The van der Waals surface area contributed by atoms with Crippen molar-refractivity contribution in [3.63, 3.8) is 0 Å². The van der Waals surface area contributed by atoms with Crippen molar-refractivity contribution < 1.29 is 32.2 Å². The minimum Gasteiger partial charge on any atom is -0.495 e. The normalized spacial score (nSPS) is 17.8. The lowest BCUT2D eigenvalue weighted by atomic mass is 10.1. The number of thioether (sulfide) groups is 1. The summed E-state index contributed by atoms with van der Waals surface area (Å²) in [5, 5.41) is 9.79. The van der Waals surface area contributed by atoms with E-state index in [0.717, 1.165) is 37.2 Å². The van der Waals surface area contributed by atoms with Crippen molar-refractivity contribution in [1.82, 2.24) is 5.32 Å². The van der Waals surface area contributed by atoms with Crippen LogP contribution in [-0.2, 0) is 20.5 Å². The van der Waals surface area contributed by atoms with Gasteiger partial charge < -0.3 is 9.47 Å². The van der Waals surface area contributed by atoms with Crippen molar-refractivity contribution in [3.05, 3.63) is 40.3 Å². The van der Waals surface area contributed by atoms with Crippen LogP contribution < -0.4 is 10.1 Å². The van der Waals surface area contributed by atoms with Gasteiger partial charge in [0.05, 0.1) is 30.9 Å². The van der Waals surface area contributed by atoms with E-state index in [0.29, 0.717) is 0 Å². The van der Waals surface area contributed by atoms with E-state index in [-0.39, 0.29) is 15.6 Å². The molecule has 0 saturated carbocycles. The van der Waals surface area contributed by atoms with Gasteiger partial charge in [-0.2, -0.15) is 18.3 Å². The van der Waals surface area contributed by atoms with E-state index in [9.17, 15) is 22.8 Å². The minimum absolute atomic E-state index is 0.0578. The zero-order chi connectivity index (χ0) is 19.3. The van der Waals surface area contributed by atoms with E-state index in [4.69, 9.17) is 4.74 Å². The summed E-state index contributed by atoms with van der Waals surface area (Å²) in [6, 6.07) is 3.48. The van der Waals surface area contributed by atoms with E-state index < -0.39 is 29.4 Å². The fraction of sp³-hybridized carbons (Fsp3) is 0.200. The molecule has 1 aromatic rings. The molecule has 0 spiro atoms. The number of methoxy groups -OCH3 is 2. The van der Waals surface area contributed by atoms with Crippen LogP contribution in [0, 0.1) is 0 Å². The van der Waals surface area contributed by atoms with Crippen LogP contribution in [0.1, 0.15) is 11.1 Å². The molecule has 1 saturated heterocycles. The predicted octanol–water partition coefficient (Wildman–Crippen LogP) is 2.32. The van der Waals surface area contributed by atoms with Crippen molar-refractivity contribution >= 4 is 35.0 Å². The molecule has 1 amide bonds. The number of para-hydroxylation sites is 1. The third kappa shape index (κ3) is 4.63. The largest absolute Gasteiger partial charge is 0.495 e. The number of nitrogens with zero attached hydrogens (tertiary/aromatic N) is 2. The van der Waals surface area contributed by atoms with Gasteiger partial charge >= 0.3 is 12.1 Å². The molecule has 0 atom stereocenters. The molecule has 1 N–H and O–H groups in total. The Balaban J connectivity index is 2.22. The Bertz CT molecular complexity index is 819. The molecule has 1 aromatic carbocycles. The van der Waals surface area contributed by atoms with E-state index in [2.05, 4.69) is 20.3 Å². The van der Waals surface area contributed by atoms with Crippen molar-refractivity contribution in [3.8, 4) is 5.75 Å². The van der Waals surface area contributed by atoms with Gasteiger partial charge in [-0.15, -0.1) is 5.10 Å². The Labute approximate surface area is 150 Å². The van der Waals surface area contributed by atoms with Gasteiger partial charge in [0.1, 0.15) is 5.75 Å². The van der Waals surface area contributed by atoms with Gasteiger partial charge in [-0.05, 0) is 23.9 Å². The van der Waals surface area contributed by atoms with Crippen molar-refractivity contribution in [2.75, 3.05) is 14.2 Å². The molecule has 26 heavy (non-hydrogen) atoms. The lowest BCUT2D eigenvalue weighted by Gasteiger charge is -2.13. The van der Waals surface area contributed by atoms with E-state index in [1.807, 2.05) is 0 Å². The average molecular weight is 387 g/mol. The number of amides is 1. The molecule has 0 aromatic heterocycles. The van der Waals surface area contributed by atoms with Crippen LogP contribution in [0.4, 0.5) is 13.2 Å². The van der Waals surface area contributed by atoms with Crippen LogP contribution in [-0.4, -0.2) is 37.5 Å². The first-order valence-corrected chi connectivity index (χ1v) is 7.72. The van der Waals surface area contributed by atoms with Crippen LogP contribution in [0.5, 0.6) is 5.75 Å². The van der Waals surface area contributed by atoms with Gasteiger partial charge in [-0.25, -0.2) is 4.79 Å². The SMILES string of the molecule is COC(=O)/C=C1/S/C(=N\N=Cc2cccc(C(F)(F)F)c2OC)NC1=O. The molecule has 0 aliphatic carbocycles. The molecular formula is C15H12F3N3O4S. The fourth-order valence-electron chi connectivity index (χ4n) is 1.89. The monoisotopic (exact) mass is 387 g/mol. The topological polar surface area (TPSA) is 89.3 Å². The molecule has 0 unspecified atom stereocenters. The molecule has 138 valence electrons. The number of esters is 1. The molecule has 1 fully saturated rings.